The van der Waals surface area contributed by atoms with Crippen molar-refractivity contribution in [3.05, 3.63) is 76.0 Å². The topological polar surface area (TPSA) is 90.9 Å². The van der Waals surface area contributed by atoms with Gasteiger partial charge in [0.25, 0.3) is 5.56 Å². The summed E-state index contributed by atoms with van der Waals surface area (Å²) in [4.78, 5) is 33.4. The lowest BCUT2D eigenvalue weighted by molar-refractivity contribution is 0.0598. The minimum atomic E-state index is -0.627. The third-order valence-corrected chi connectivity index (χ3v) is 5.36. The van der Waals surface area contributed by atoms with Crippen LogP contribution in [0.4, 0.5) is 5.69 Å². The van der Waals surface area contributed by atoms with E-state index < -0.39 is 5.97 Å². The third kappa shape index (κ3) is 3.75. The van der Waals surface area contributed by atoms with Crippen molar-refractivity contribution < 1.29 is 9.53 Å². The lowest BCUT2D eigenvalue weighted by Crippen LogP contribution is -2.46. The average Bonchev–Trinajstić information content (AvgIpc) is 2.81. The average molecular weight is 403 g/mol. The summed E-state index contributed by atoms with van der Waals surface area (Å²) >= 11 is 0. The number of piperazine rings is 1. The Hall–Kier alpha value is -3.70. The van der Waals surface area contributed by atoms with Crippen LogP contribution >= 0.6 is 0 Å². The molecule has 1 aliphatic rings. The number of aromatic nitrogens is 2. The van der Waals surface area contributed by atoms with Crippen LogP contribution < -0.4 is 10.5 Å². The van der Waals surface area contributed by atoms with Crippen molar-refractivity contribution in [3.63, 3.8) is 0 Å². The first-order chi connectivity index (χ1) is 14.6. The van der Waals surface area contributed by atoms with E-state index in [1.807, 2.05) is 24.3 Å². The molecule has 1 fully saturated rings. The molecule has 4 rings (SSSR count). The van der Waals surface area contributed by atoms with Crippen LogP contribution in [0.25, 0.3) is 5.52 Å². The fraction of sp³-hybridized carbons (Fsp3) is 0.273. The number of esters is 1. The second-order valence-electron chi connectivity index (χ2n) is 7.11. The minimum absolute atomic E-state index is 0.0403. The van der Waals surface area contributed by atoms with Crippen molar-refractivity contribution in [3.8, 4) is 6.07 Å². The lowest BCUT2D eigenvalue weighted by Gasteiger charge is -2.36. The van der Waals surface area contributed by atoms with Gasteiger partial charge < -0.3 is 9.64 Å². The van der Waals surface area contributed by atoms with Crippen molar-refractivity contribution in [1.29, 1.82) is 5.26 Å². The zero-order valence-corrected chi connectivity index (χ0v) is 16.6. The highest BCUT2D eigenvalue weighted by Gasteiger charge is 2.21. The maximum absolute atomic E-state index is 12.6. The molecule has 0 aliphatic carbocycles. The van der Waals surface area contributed by atoms with E-state index in [0.717, 1.165) is 42.9 Å². The van der Waals surface area contributed by atoms with E-state index in [2.05, 4.69) is 14.8 Å². The second kappa shape index (κ2) is 8.35. The number of methoxy groups -OCH3 is 1. The monoisotopic (exact) mass is 403 g/mol. The van der Waals surface area contributed by atoms with Gasteiger partial charge in [-0.15, -0.1) is 0 Å². The number of carbonyl (C=O) groups is 1. The van der Waals surface area contributed by atoms with Gasteiger partial charge in [0.2, 0.25) is 0 Å². The van der Waals surface area contributed by atoms with E-state index in [-0.39, 0.29) is 11.1 Å². The van der Waals surface area contributed by atoms with E-state index in [1.165, 1.54) is 11.5 Å². The zero-order valence-electron chi connectivity index (χ0n) is 16.6. The summed E-state index contributed by atoms with van der Waals surface area (Å²) in [5, 5.41) is 8.89. The molecule has 0 radical (unpaired) electrons. The van der Waals surface area contributed by atoms with E-state index in [4.69, 9.17) is 10.00 Å². The lowest BCUT2D eigenvalue weighted by atomic mass is 10.1. The SMILES string of the molecule is COC(=O)c1cc(CN2CCN(c3ccc(C#N)nc3)CC2)c2ccccn2c1=O. The van der Waals surface area contributed by atoms with Gasteiger partial charge in [0.05, 0.1) is 24.5 Å². The molecule has 30 heavy (non-hydrogen) atoms. The summed E-state index contributed by atoms with van der Waals surface area (Å²) in [6.45, 7) is 3.92. The first kappa shape index (κ1) is 19.6. The summed E-state index contributed by atoms with van der Waals surface area (Å²) in [5.41, 5.74) is 2.76. The third-order valence-electron chi connectivity index (χ3n) is 5.36. The van der Waals surface area contributed by atoms with Crippen LogP contribution in [-0.2, 0) is 11.3 Å². The molecule has 0 aromatic carbocycles. The highest BCUT2D eigenvalue weighted by molar-refractivity contribution is 5.89. The number of ether oxygens (including phenoxy) is 1. The first-order valence-electron chi connectivity index (χ1n) is 9.66. The molecule has 0 atom stereocenters. The first-order valence-corrected chi connectivity index (χ1v) is 9.66. The molecule has 8 nitrogen and oxygen atoms in total. The Morgan fingerprint density at radius 2 is 2.00 bits per heavy atom. The Balaban J connectivity index is 1.54. The number of pyridine rings is 3. The van der Waals surface area contributed by atoms with Crippen molar-refractivity contribution in [2.75, 3.05) is 38.2 Å². The summed E-state index contributed by atoms with van der Waals surface area (Å²) in [6, 6.07) is 12.9. The van der Waals surface area contributed by atoms with Crippen LogP contribution in [0.3, 0.4) is 0 Å². The van der Waals surface area contributed by atoms with Gasteiger partial charge in [0.15, 0.2) is 0 Å². The van der Waals surface area contributed by atoms with Gasteiger partial charge in [-0.2, -0.15) is 5.26 Å². The fourth-order valence-electron chi connectivity index (χ4n) is 3.75. The highest BCUT2D eigenvalue weighted by atomic mass is 16.5. The molecule has 3 aromatic heterocycles. The summed E-state index contributed by atoms with van der Waals surface area (Å²) in [6.07, 6.45) is 3.40. The molecule has 0 amide bonds. The van der Waals surface area contributed by atoms with Gasteiger partial charge >= 0.3 is 5.97 Å². The molecule has 0 spiro atoms. The molecule has 0 N–H and O–H groups in total. The molecular weight excluding hydrogens is 382 g/mol. The Bertz CT molecular complexity index is 1170. The van der Waals surface area contributed by atoms with Crippen molar-refractivity contribution in [2.45, 2.75) is 6.54 Å². The van der Waals surface area contributed by atoms with Gasteiger partial charge in [0, 0.05) is 38.9 Å². The number of anilines is 1. The van der Waals surface area contributed by atoms with Gasteiger partial charge in [0.1, 0.15) is 17.3 Å². The summed E-state index contributed by atoms with van der Waals surface area (Å²) in [7, 11) is 1.28. The van der Waals surface area contributed by atoms with E-state index in [9.17, 15) is 9.59 Å². The highest BCUT2D eigenvalue weighted by Crippen LogP contribution is 2.19. The predicted octanol–water partition coefficient (Wildman–Crippen LogP) is 1.67. The number of rotatable bonds is 4. The number of nitrogens with zero attached hydrogens (tertiary/aromatic N) is 5. The molecule has 3 aromatic rings. The Morgan fingerprint density at radius 3 is 2.67 bits per heavy atom. The van der Waals surface area contributed by atoms with Crippen LogP contribution in [0.2, 0.25) is 0 Å². The molecule has 1 aliphatic heterocycles. The Labute approximate surface area is 173 Å². The summed E-state index contributed by atoms with van der Waals surface area (Å²) in [5.74, 6) is -0.627. The van der Waals surface area contributed by atoms with Gasteiger partial charge in [-0.05, 0) is 35.9 Å². The van der Waals surface area contributed by atoms with Crippen molar-refractivity contribution in [1.82, 2.24) is 14.3 Å². The molecule has 1 saturated heterocycles. The minimum Gasteiger partial charge on any atom is -0.465 e. The number of nitriles is 1. The number of fused-ring (bicyclic) bond motifs is 1. The smallest absolute Gasteiger partial charge is 0.343 e. The normalized spacial score (nSPS) is 14.5. The Morgan fingerprint density at radius 1 is 1.20 bits per heavy atom. The number of hydrogen-bond donors (Lipinski definition) is 0. The van der Waals surface area contributed by atoms with Gasteiger partial charge in [-0.3, -0.25) is 14.1 Å². The predicted molar refractivity (Wildman–Crippen MR) is 111 cm³/mol. The maximum Gasteiger partial charge on any atom is 0.343 e. The number of carbonyl (C=O) groups excluding carboxylic acids is 1. The van der Waals surface area contributed by atoms with Crippen molar-refractivity contribution in [2.24, 2.45) is 0 Å². The quantitative estimate of drug-likeness (QED) is 0.612. The van der Waals surface area contributed by atoms with Crippen LogP contribution in [-0.4, -0.2) is 53.5 Å². The second-order valence-corrected chi connectivity index (χ2v) is 7.11. The molecule has 0 saturated carbocycles. The standard InChI is InChI=1S/C22H21N5O3/c1-30-22(29)19-12-16(20-4-2-3-7-27(20)21(19)28)15-25-8-10-26(11-9-25)18-6-5-17(13-23)24-14-18/h2-7,12,14H,8-11,15H2,1H3. The van der Waals surface area contributed by atoms with E-state index in [0.29, 0.717) is 12.2 Å². The molecule has 0 bridgehead atoms. The van der Waals surface area contributed by atoms with Crippen LogP contribution in [0.1, 0.15) is 21.6 Å². The number of hydrogen-bond acceptors (Lipinski definition) is 7. The van der Waals surface area contributed by atoms with E-state index >= 15 is 0 Å². The molecule has 152 valence electrons. The van der Waals surface area contributed by atoms with Crippen molar-refractivity contribution >= 4 is 17.2 Å². The molecule has 0 unspecified atom stereocenters. The largest absolute Gasteiger partial charge is 0.465 e. The molecule has 4 heterocycles. The zero-order chi connectivity index (χ0) is 21.1. The van der Waals surface area contributed by atoms with Gasteiger partial charge in [-0.1, -0.05) is 6.07 Å². The fourth-order valence-corrected chi connectivity index (χ4v) is 3.75. The molecular formula is C22H21N5O3. The van der Waals surface area contributed by atoms with Crippen LogP contribution in [0, 0.1) is 11.3 Å². The molecule has 8 heteroatoms. The van der Waals surface area contributed by atoms with Gasteiger partial charge in [-0.25, -0.2) is 9.78 Å². The maximum atomic E-state index is 12.6. The van der Waals surface area contributed by atoms with Crippen LogP contribution in [0.5, 0.6) is 0 Å². The Kier molecular flexibility index (Phi) is 5.46. The summed E-state index contributed by atoms with van der Waals surface area (Å²) < 4.78 is 6.29. The van der Waals surface area contributed by atoms with Crippen LogP contribution in [0.15, 0.2) is 53.6 Å². The van der Waals surface area contributed by atoms with E-state index in [1.54, 1.807) is 30.6 Å².